The van der Waals surface area contributed by atoms with Crippen molar-refractivity contribution in [2.75, 3.05) is 6.54 Å². The molecule has 1 nitrogen and oxygen atoms in total. The van der Waals surface area contributed by atoms with Crippen molar-refractivity contribution in [2.24, 2.45) is 5.92 Å². The van der Waals surface area contributed by atoms with Gasteiger partial charge in [-0.15, -0.1) is 0 Å². The van der Waals surface area contributed by atoms with E-state index in [2.05, 4.69) is 12.2 Å². The summed E-state index contributed by atoms with van der Waals surface area (Å²) in [5.74, 6) is -0.917. The van der Waals surface area contributed by atoms with Crippen molar-refractivity contribution in [3.8, 4) is 0 Å². The molecule has 3 heteroatoms. The summed E-state index contributed by atoms with van der Waals surface area (Å²) in [4.78, 5) is 0. The van der Waals surface area contributed by atoms with Crippen molar-refractivity contribution in [3.05, 3.63) is 35.4 Å². The van der Waals surface area contributed by atoms with Gasteiger partial charge in [-0.2, -0.15) is 0 Å². The summed E-state index contributed by atoms with van der Waals surface area (Å²) in [5, 5.41) is 3.37. The zero-order valence-electron chi connectivity index (χ0n) is 9.47. The van der Waals surface area contributed by atoms with Crippen LogP contribution in [0.15, 0.2) is 18.2 Å². The Bertz CT molecular complexity index is 365. The zero-order valence-corrected chi connectivity index (χ0v) is 9.47. The number of hydrogen-bond acceptors (Lipinski definition) is 1. The minimum Gasteiger partial charge on any atom is -0.313 e. The van der Waals surface area contributed by atoms with Gasteiger partial charge in [-0.3, -0.25) is 0 Å². The predicted molar refractivity (Wildman–Crippen MR) is 60.3 cm³/mol. The molecular weight excluding hydrogens is 208 g/mol. The van der Waals surface area contributed by atoms with Gasteiger partial charge in [-0.1, -0.05) is 19.1 Å². The van der Waals surface area contributed by atoms with Crippen molar-refractivity contribution >= 4 is 0 Å². The lowest BCUT2D eigenvalue weighted by molar-refractivity contribution is 0.295. The molecule has 1 fully saturated rings. The maximum absolute atomic E-state index is 13.5. The van der Waals surface area contributed by atoms with Crippen LogP contribution in [0.1, 0.15) is 25.3 Å². The summed E-state index contributed by atoms with van der Waals surface area (Å²) in [6, 6.07) is 4.67. The number of rotatable bonds is 2. The Morgan fingerprint density at radius 1 is 1.38 bits per heavy atom. The molecule has 0 radical (unpaired) electrons. The monoisotopic (exact) mass is 225 g/mol. The molecule has 0 saturated carbocycles. The number of hydrogen-bond donors (Lipinski definition) is 1. The second-order valence-corrected chi connectivity index (χ2v) is 4.60. The third kappa shape index (κ3) is 2.40. The number of halogens is 2. The highest BCUT2D eigenvalue weighted by Crippen LogP contribution is 2.21. The number of piperidine rings is 1. The molecule has 0 spiro atoms. The van der Waals surface area contributed by atoms with Crippen LogP contribution in [0.25, 0.3) is 0 Å². The Balaban J connectivity index is 2.10. The maximum atomic E-state index is 13.5. The van der Waals surface area contributed by atoms with Gasteiger partial charge in [-0.25, -0.2) is 8.78 Å². The number of nitrogens with one attached hydrogen (secondary N) is 1. The molecule has 1 aromatic carbocycles. The van der Waals surface area contributed by atoms with Gasteiger partial charge in [-0.05, 0) is 43.4 Å². The van der Waals surface area contributed by atoms with E-state index >= 15 is 0 Å². The van der Waals surface area contributed by atoms with Gasteiger partial charge in [0.1, 0.15) is 0 Å². The standard InChI is InChI=1S/C13H17F2N/c1-9-4-3-7-16-12(9)8-10-5-2-6-11(14)13(10)15/h2,5-6,9,12,16H,3-4,7-8H2,1H3. The van der Waals surface area contributed by atoms with Crippen LogP contribution in [-0.4, -0.2) is 12.6 Å². The van der Waals surface area contributed by atoms with Crippen LogP contribution < -0.4 is 5.32 Å². The lowest BCUT2D eigenvalue weighted by Crippen LogP contribution is -2.41. The summed E-state index contributed by atoms with van der Waals surface area (Å²) < 4.78 is 26.5. The van der Waals surface area contributed by atoms with Crippen molar-refractivity contribution in [3.63, 3.8) is 0 Å². The van der Waals surface area contributed by atoms with Crippen LogP contribution >= 0.6 is 0 Å². The van der Waals surface area contributed by atoms with Crippen molar-refractivity contribution in [2.45, 2.75) is 32.2 Å². The smallest absolute Gasteiger partial charge is 0.162 e. The Morgan fingerprint density at radius 3 is 2.94 bits per heavy atom. The molecule has 2 unspecified atom stereocenters. The average Bonchev–Trinajstić information content (AvgIpc) is 2.28. The van der Waals surface area contributed by atoms with Crippen molar-refractivity contribution in [1.29, 1.82) is 0 Å². The number of benzene rings is 1. The minimum absolute atomic E-state index is 0.269. The lowest BCUT2D eigenvalue weighted by Gasteiger charge is -2.30. The molecular formula is C13H17F2N. The first kappa shape index (κ1) is 11.5. The molecule has 0 amide bonds. The second kappa shape index (κ2) is 4.91. The van der Waals surface area contributed by atoms with Crippen LogP contribution in [0.4, 0.5) is 8.78 Å². The Kier molecular flexibility index (Phi) is 3.54. The minimum atomic E-state index is -0.749. The molecule has 2 rings (SSSR count). The topological polar surface area (TPSA) is 12.0 Å². The summed E-state index contributed by atoms with van der Waals surface area (Å²) in [7, 11) is 0. The summed E-state index contributed by atoms with van der Waals surface area (Å²) in [6.45, 7) is 3.14. The molecule has 0 aromatic heterocycles. The van der Waals surface area contributed by atoms with Gasteiger partial charge in [0.2, 0.25) is 0 Å². The van der Waals surface area contributed by atoms with E-state index in [9.17, 15) is 8.78 Å². The largest absolute Gasteiger partial charge is 0.313 e. The third-order valence-electron chi connectivity index (χ3n) is 3.40. The summed E-state index contributed by atoms with van der Waals surface area (Å²) in [5.41, 5.74) is 0.478. The molecule has 1 aliphatic heterocycles. The molecule has 0 aliphatic carbocycles. The lowest BCUT2D eigenvalue weighted by atomic mass is 9.88. The van der Waals surface area contributed by atoms with Gasteiger partial charge >= 0.3 is 0 Å². The van der Waals surface area contributed by atoms with Crippen molar-refractivity contribution in [1.82, 2.24) is 5.32 Å². The van der Waals surface area contributed by atoms with Crippen LogP contribution in [0.5, 0.6) is 0 Å². The highest BCUT2D eigenvalue weighted by molar-refractivity contribution is 5.20. The van der Waals surface area contributed by atoms with E-state index in [0.717, 1.165) is 19.0 Å². The van der Waals surface area contributed by atoms with Gasteiger partial charge < -0.3 is 5.32 Å². The van der Waals surface area contributed by atoms with E-state index in [-0.39, 0.29) is 6.04 Å². The van der Waals surface area contributed by atoms with Gasteiger partial charge in [0.05, 0.1) is 0 Å². The Labute approximate surface area is 94.9 Å². The highest BCUT2D eigenvalue weighted by atomic mass is 19.2. The molecule has 1 aromatic rings. The Hall–Kier alpha value is -0.960. The molecule has 1 N–H and O–H groups in total. The van der Waals surface area contributed by atoms with Gasteiger partial charge in [0.25, 0.3) is 0 Å². The van der Waals surface area contributed by atoms with E-state index in [4.69, 9.17) is 0 Å². The van der Waals surface area contributed by atoms with E-state index in [0.29, 0.717) is 17.9 Å². The first-order valence-corrected chi connectivity index (χ1v) is 5.84. The van der Waals surface area contributed by atoms with Gasteiger partial charge in [0.15, 0.2) is 11.6 Å². The summed E-state index contributed by atoms with van der Waals surface area (Å²) in [6.07, 6.45) is 2.91. The molecule has 0 bridgehead atoms. The van der Waals surface area contributed by atoms with E-state index < -0.39 is 11.6 Å². The Morgan fingerprint density at radius 2 is 2.19 bits per heavy atom. The van der Waals surface area contributed by atoms with E-state index in [1.165, 1.54) is 6.42 Å². The fourth-order valence-electron chi connectivity index (χ4n) is 2.33. The zero-order chi connectivity index (χ0) is 11.5. The second-order valence-electron chi connectivity index (χ2n) is 4.60. The quantitative estimate of drug-likeness (QED) is 0.816. The normalized spacial score (nSPS) is 25.7. The van der Waals surface area contributed by atoms with Crippen LogP contribution in [0.2, 0.25) is 0 Å². The first-order valence-electron chi connectivity index (χ1n) is 5.84. The molecule has 16 heavy (non-hydrogen) atoms. The van der Waals surface area contributed by atoms with Gasteiger partial charge in [0, 0.05) is 6.04 Å². The summed E-state index contributed by atoms with van der Waals surface area (Å²) >= 11 is 0. The fourth-order valence-corrected chi connectivity index (χ4v) is 2.33. The SMILES string of the molecule is CC1CCCNC1Cc1cccc(F)c1F. The van der Waals surface area contributed by atoms with E-state index in [1.54, 1.807) is 12.1 Å². The molecule has 1 aliphatic rings. The molecule has 2 atom stereocenters. The van der Waals surface area contributed by atoms with Crippen LogP contribution in [0, 0.1) is 17.6 Å². The molecule has 1 saturated heterocycles. The average molecular weight is 225 g/mol. The fraction of sp³-hybridized carbons (Fsp3) is 0.538. The maximum Gasteiger partial charge on any atom is 0.162 e. The predicted octanol–water partition coefficient (Wildman–Crippen LogP) is 2.90. The molecule has 88 valence electrons. The van der Waals surface area contributed by atoms with Crippen LogP contribution in [-0.2, 0) is 6.42 Å². The third-order valence-corrected chi connectivity index (χ3v) is 3.40. The van der Waals surface area contributed by atoms with Crippen molar-refractivity contribution < 1.29 is 8.78 Å². The molecule has 1 heterocycles. The highest BCUT2D eigenvalue weighted by Gasteiger charge is 2.22. The first-order chi connectivity index (χ1) is 7.68. The van der Waals surface area contributed by atoms with E-state index in [1.807, 2.05) is 0 Å². The van der Waals surface area contributed by atoms with Crippen LogP contribution in [0.3, 0.4) is 0 Å².